The molecule has 0 atom stereocenters. The highest BCUT2D eigenvalue weighted by Gasteiger charge is 2.16. The number of hydrogen-bond donors (Lipinski definition) is 1. The van der Waals surface area contributed by atoms with E-state index in [0.717, 1.165) is 29.9 Å². The smallest absolute Gasteiger partial charge is 0.160 e. The molecule has 0 radical (unpaired) electrons. The highest BCUT2D eigenvalue weighted by molar-refractivity contribution is 5.97. The monoisotopic (exact) mass is 231 g/mol. The number of allylic oxidation sites excluding steroid dienone is 1. The summed E-state index contributed by atoms with van der Waals surface area (Å²) in [4.78, 5) is 11.5. The lowest BCUT2D eigenvalue weighted by Crippen LogP contribution is -1.99. The minimum Gasteiger partial charge on any atom is -0.492 e. The number of carbonyl (C=O) groups is 1. The van der Waals surface area contributed by atoms with E-state index in [2.05, 4.69) is 5.32 Å². The van der Waals surface area contributed by atoms with Gasteiger partial charge >= 0.3 is 0 Å². The van der Waals surface area contributed by atoms with Crippen molar-refractivity contribution in [3.05, 3.63) is 36.0 Å². The van der Waals surface area contributed by atoms with Crippen LogP contribution in [-0.4, -0.2) is 12.4 Å². The van der Waals surface area contributed by atoms with Gasteiger partial charge in [0, 0.05) is 18.2 Å². The van der Waals surface area contributed by atoms with E-state index in [-0.39, 0.29) is 5.78 Å². The van der Waals surface area contributed by atoms with Gasteiger partial charge in [0.25, 0.3) is 0 Å². The molecule has 1 aliphatic rings. The van der Waals surface area contributed by atoms with Gasteiger partial charge in [0.05, 0.1) is 12.3 Å². The van der Waals surface area contributed by atoms with Crippen molar-refractivity contribution in [1.82, 2.24) is 0 Å². The molecule has 1 aromatic carbocycles. The zero-order valence-corrected chi connectivity index (χ0v) is 10.0. The van der Waals surface area contributed by atoms with Crippen LogP contribution in [-0.2, 0) is 4.79 Å². The summed E-state index contributed by atoms with van der Waals surface area (Å²) in [6, 6.07) is 7.74. The van der Waals surface area contributed by atoms with E-state index in [4.69, 9.17) is 4.74 Å². The Morgan fingerprint density at radius 3 is 2.88 bits per heavy atom. The third kappa shape index (κ3) is 2.87. The quantitative estimate of drug-likeness (QED) is 0.809. The van der Waals surface area contributed by atoms with Crippen molar-refractivity contribution in [3.63, 3.8) is 0 Å². The second kappa shape index (κ2) is 5.53. The van der Waals surface area contributed by atoms with Gasteiger partial charge in [-0.1, -0.05) is 12.1 Å². The summed E-state index contributed by atoms with van der Waals surface area (Å²) in [6.45, 7) is 2.59. The Balaban J connectivity index is 2.10. The Morgan fingerprint density at radius 1 is 1.35 bits per heavy atom. The van der Waals surface area contributed by atoms with Crippen LogP contribution in [0.3, 0.4) is 0 Å². The lowest BCUT2D eigenvalue weighted by molar-refractivity contribution is -0.114. The number of hydrogen-bond acceptors (Lipinski definition) is 3. The third-order valence-corrected chi connectivity index (χ3v) is 2.80. The normalized spacial score (nSPS) is 17.5. The second-order valence-electron chi connectivity index (χ2n) is 4.02. The first-order valence-corrected chi connectivity index (χ1v) is 6.02. The van der Waals surface area contributed by atoms with Crippen LogP contribution in [0.4, 0.5) is 5.69 Å². The van der Waals surface area contributed by atoms with Gasteiger partial charge in [-0.15, -0.1) is 0 Å². The fourth-order valence-corrected chi connectivity index (χ4v) is 1.92. The molecule has 0 unspecified atom stereocenters. The van der Waals surface area contributed by atoms with Gasteiger partial charge in [-0.3, -0.25) is 4.79 Å². The molecule has 1 N–H and O–H groups in total. The minimum atomic E-state index is 0.256. The second-order valence-corrected chi connectivity index (χ2v) is 4.02. The van der Waals surface area contributed by atoms with E-state index in [9.17, 15) is 4.79 Å². The van der Waals surface area contributed by atoms with Gasteiger partial charge in [0.15, 0.2) is 5.78 Å². The van der Waals surface area contributed by atoms with Gasteiger partial charge in [-0.05, 0) is 31.9 Å². The number of ketones is 1. The number of anilines is 1. The number of para-hydroxylation sites is 2. The van der Waals surface area contributed by atoms with Gasteiger partial charge in [-0.25, -0.2) is 0 Å². The van der Waals surface area contributed by atoms with E-state index in [1.54, 1.807) is 0 Å². The van der Waals surface area contributed by atoms with Crippen LogP contribution in [0.25, 0.3) is 0 Å². The number of carbonyl (C=O) groups excluding carboxylic acids is 1. The zero-order valence-electron chi connectivity index (χ0n) is 10.0. The summed E-state index contributed by atoms with van der Waals surface area (Å²) in [7, 11) is 0. The van der Waals surface area contributed by atoms with Crippen LogP contribution in [0.1, 0.15) is 26.2 Å². The first-order valence-electron chi connectivity index (χ1n) is 6.02. The summed E-state index contributed by atoms with van der Waals surface area (Å²) >= 11 is 0. The number of Topliss-reactive ketones (excluding diaryl/α,β-unsaturated/α-hetero) is 1. The van der Waals surface area contributed by atoms with Crippen LogP contribution >= 0.6 is 0 Å². The molecule has 90 valence electrons. The molecule has 0 aromatic heterocycles. The molecule has 3 nitrogen and oxygen atoms in total. The predicted molar refractivity (Wildman–Crippen MR) is 68.2 cm³/mol. The van der Waals surface area contributed by atoms with Crippen LogP contribution in [0, 0.1) is 0 Å². The molecule has 1 saturated carbocycles. The van der Waals surface area contributed by atoms with Crippen LogP contribution < -0.4 is 10.1 Å². The van der Waals surface area contributed by atoms with Crippen molar-refractivity contribution in [2.45, 2.75) is 26.2 Å². The molecule has 1 fully saturated rings. The highest BCUT2D eigenvalue weighted by atomic mass is 16.5. The molecule has 0 aliphatic heterocycles. The number of nitrogens with one attached hydrogen (secondary N) is 1. The van der Waals surface area contributed by atoms with Gasteiger partial charge in [0.1, 0.15) is 5.75 Å². The maximum atomic E-state index is 11.5. The zero-order chi connectivity index (χ0) is 12.1. The van der Waals surface area contributed by atoms with Crippen molar-refractivity contribution in [2.24, 2.45) is 0 Å². The van der Waals surface area contributed by atoms with E-state index in [1.807, 2.05) is 37.4 Å². The molecular formula is C14H17NO2. The van der Waals surface area contributed by atoms with Crippen molar-refractivity contribution in [1.29, 1.82) is 0 Å². The fraction of sp³-hybridized carbons (Fsp3) is 0.357. The third-order valence-electron chi connectivity index (χ3n) is 2.80. The Hall–Kier alpha value is -1.77. The first kappa shape index (κ1) is 11.7. The Bertz CT molecular complexity index is 438. The van der Waals surface area contributed by atoms with Crippen molar-refractivity contribution in [2.75, 3.05) is 11.9 Å². The molecule has 0 saturated heterocycles. The topological polar surface area (TPSA) is 38.3 Å². The lowest BCUT2D eigenvalue weighted by atomic mass is 10.2. The Labute approximate surface area is 101 Å². The average Bonchev–Trinajstić information content (AvgIpc) is 2.74. The van der Waals surface area contributed by atoms with E-state index in [1.165, 1.54) is 0 Å². The molecule has 3 heteroatoms. The van der Waals surface area contributed by atoms with Crippen LogP contribution in [0.5, 0.6) is 5.75 Å². The predicted octanol–water partition coefficient (Wildman–Crippen LogP) is 3.13. The standard InChI is InChI=1S/C14H17NO2/c1-2-17-14-9-4-3-7-12(14)15-10-11-6-5-8-13(11)16/h3-4,7,9-10,15H,2,5-6,8H2,1H3/b11-10-. The summed E-state index contributed by atoms with van der Waals surface area (Å²) in [5.74, 6) is 1.07. The maximum absolute atomic E-state index is 11.5. The molecule has 0 bridgehead atoms. The Morgan fingerprint density at radius 2 is 2.18 bits per heavy atom. The summed E-state index contributed by atoms with van der Waals surface area (Å²) in [5, 5.41) is 3.16. The van der Waals surface area contributed by atoms with Crippen molar-refractivity contribution in [3.8, 4) is 5.75 Å². The fourth-order valence-electron chi connectivity index (χ4n) is 1.92. The molecule has 1 aromatic rings. The molecule has 0 heterocycles. The lowest BCUT2D eigenvalue weighted by Gasteiger charge is -2.09. The van der Waals surface area contributed by atoms with Crippen molar-refractivity contribution < 1.29 is 9.53 Å². The van der Waals surface area contributed by atoms with Crippen LogP contribution in [0.15, 0.2) is 36.0 Å². The summed E-state index contributed by atoms with van der Waals surface area (Å²) < 4.78 is 5.50. The van der Waals surface area contributed by atoms with Crippen LogP contribution in [0.2, 0.25) is 0 Å². The number of benzene rings is 1. The first-order chi connectivity index (χ1) is 8.31. The summed E-state index contributed by atoms with van der Waals surface area (Å²) in [5.41, 5.74) is 1.79. The molecular weight excluding hydrogens is 214 g/mol. The number of rotatable bonds is 4. The number of ether oxygens (including phenoxy) is 1. The maximum Gasteiger partial charge on any atom is 0.160 e. The van der Waals surface area contributed by atoms with Crippen molar-refractivity contribution >= 4 is 11.5 Å². The molecule has 0 spiro atoms. The minimum absolute atomic E-state index is 0.256. The molecule has 0 amide bonds. The van der Waals surface area contributed by atoms with Gasteiger partial charge in [-0.2, -0.15) is 0 Å². The van der Waals surface area contributed by atoms with Gasteiger partial charge in [0.2, 0.25) is 0 Å². The molecule has 17 heavy (non-hydrogen) atoms. The molecule has 1 aliphatic carbocycles. The SMILES string of the molecule is CCOc1ccccc1N/C=C1/CCCC1=O. The summed E-state index contributed by atoms with van der Waals surface area (Å²) in [6.07, 6.45) is 4.34. The molecule has 2 rings (SSSR count). The van der Waals surface area contributed by atoms with E-state index in [0.29, 0.717) is 13.0 Å². The average molecular weight is 231 g/mol. The van der Waals surface area contributed by atoms with E-state index < -0.39 is 0 Å². The Kier molecular flexibility index (Phi) is 3.81. The largest absolute Gasteiger partial charge is 0.492 e. The highest BCUT2D eigenvalue weighted by Crippen LogP contribution is 2.25. The van der Waals surface area contributed by atoms with E-state index >= 15 is 0 Å². The van der Waals surface area contributed by atoms with Gasteiger partial charge < -0.3 is 10.1 Å².